The van der Waals surface area contributed by atoms with Gasteiger partial charge >= 0.3 is 10.4 Å². The van der Waals surface area contributed by atoms with Crippen LogP contribution in [0, 0.1) is 5.82 Å². The fraction of sp³-hybridized carbons (Fsp3) is 0.0909. The highest BCUT2D eigenvalue weighted by atomic mass is 32.3. The number of anilines is 1. The van der Waals surface area contributed by atoms with Crippen LogP contribution in [0.5, 0.6) is 5.75 Å². The third-order valence-electron chi connectivity index (χ3n) is 4.39. The Morgan fingerprint density at radius 2 is 1.71 bits per heavy atom. The molecule has 2 aromatic carbocycles. The minimum absolute atomic E-state index is 0.0617. The van der Waals surface area contributed by atoms with E-state index in [-0.39, 0.29) is 27.4 Å². The highest BCUT2D eigenvalue weighted by Crippen LogP contribution is 2.35. The molecule has 12 nitrogen and oxygen atoms in total. The molecule has 2 heterocycles. The summed E-state index contributed by atoms with van der Waals surface area (Å²) >= 11 is 0.854. The molecule has 0 unspecified atom stereocenters. The van der Waals surface area contributed by atoms with Crippen LogP contribution in [0.2, 0.25) is 0 Å². The van der Waals surface area contributed by atoms with Gasteiger partial charge in [0.2, 0.25) is 25.9 Å². The van der Waals surface area contributed by atoms with Gasteiger partial charge in [0, 0.05) is 0 Å². The molecule has 3 N–H and O–H groups in total. The average Bonchev–Trinajstić information content (AvgIpc) is 3.53. The first kappa shape index (κ1) is 28.9. The normalized spacial score (nSPS) is 11.4. The number of hydrogen-bond acceptors (Lipinski definition) is 10. The summed E-state index contributed by atoms with van der Waals surface area (Å²) in [6.07, 6.45) is 1.39. The van der Waals surface area contributed by atoms with E-state index in [0.717, 1.165) is 36.0 Å². The molecule has 38 heavy (non-hydrogen) atoms. The standard InChI is InChI=1S/C22H17FN2O6S2.H2O4S/c1-29-17-6-3-2-5-16(17)24-19(26)13-32-22-21(25-20(31-22)18-7-4-12-30-18)33(27,28)15-10-8-14(23)9-11-15;1-5(2,3)4/h2-12H,13H2,1H3,(H,24,26);(H2,1,2,3,4). The Bertz CT molecular complexity index is 1590. The lowest BCUT2D eigenvalue weighted by Gasteiger charge is -2.09. The minimum atomic E-state index is -4.67. The van der Waals surface area contributed by atoms with Crippen molar-refractivity contribution in [3.05, 3.63) is 72.7 Å². The highest BCUT2D eigenvalue weighted by molar-refractivity contribution is 8.00. The lowest BCUT2D eigenvalue weighted by molar-refractivity contribution is -0.113. The smallest absolute Gasteiger partial charge is 0.394 e. The molecule has 0 bridgehead atoms. The fourth-order valence-corrected chi connectivity index (χ4v) is 5.18. The number of aromatic nitrogens is 1. The van der Waals surface area contributed by atoms with E-state index in [1.54, 1.807) is 36.4 Å². The Kier molecular flexibility index (Phi) is 9.29. The maximum absolute atomic E-state index is 13.3. The van der Waals surface area contributed by atoms with Crippen LogP contribution in [0.15, 0.2) is 90.8 Å². The van der Waals surface area contributed by atoms with Crippen LogP contribution < -0.4 is 10.1 Å². The number of thioether (sulfide) groups is 1. The lowest BCUT2D eigenvalue weighted by Crippen LogP contribution is -2.15. The van der Waals surface area contributed by atoms with Gasteiger partial charge in [0.05, 0.1) is 29.7 Å². The summed E-state index contributed by atoms with van der Waals surface area (Å²) in [5.41, 5.74) is 0.471. The number of furan rings is 1. The lowest BCUT2D eigenvalue weighted by atomic mass is 10.3. The summed E-state index contributed by atoms with van der Waals surface area (Å²) in [6.45, 7) is 0. The van der Waals surface area contributed by atoms with Gasteiger partial charge in [-0.05, 0) is 48.5 Å². The number of methoxy groups -OCH3 is 1. The molecule has 0 aliphatic rings. The van der Waals surface area contributed by atoms with Crippen molar-refractivity contribution in [1.29, 1.82) is 0 Å². The zero-order valence-corrected chi connectivity index (χ0v) is 21.7. The van der Waals surface area contributed by atoms with E-state index >= 15 is 0 Å². The number of oxazole rings is 1. The van der Waals surface area contributed by atoms with Gasteiger partial charge in [-0.15, -0.1) is 0 Å². The third kappa shape index (κ3) is 7.90. The van der Waals surface area contributed by atoms with Crippen LogP contribution >= 0.6 is 11.8 Å². The van der Waals surface area contributed by atoms with E-state index in [2.05, 4.69) is 10.3 Å². The monoisotopic (exact) mass is 586 g/mol. The molecule has 1 amide bonds. The topological polar surface area (TPSA) is 186 Å². The predicted molar refractivity (Wildman–Crippen MR) is 133 cm³/mol. The molecule has 0 fully saturated rings. The second-order valence-electron chi connectivity index (χ2n) is 7.03. The molecule has 0 saturated heterocycles. The van der Waals surface area contributed by atoms with Crippen molar-refractivity contribution < 1.29 is 48.7 Å². The van der Waals surface area contributed by atoms with Crippen LogP contribution in [-0.4, -0.2) is 49.7 Å². The number of para-hydroxylation sites is 2. The number of amides is 1. The Hall–Kier alpha value is -3.70. The molecular formula is C22H19FN2O10S3. The molecule has 0 radical (unpaired) electrons. The van der Waals surface area contributed by atoms with Crippen LogP contribution in [-0.2, 0) is 25.0 Å². The Balaban J connectivity index is 0.000000732. The first-order valence-electron chi connectivity index (χ1n) is 10.2. The van der Waals surface area contributed by atoms with E-state index < -0.39 is 37.0 Å². The van der Waals surface area contributed by atoms with Crippen LogP contribution in [0.1, 0.15) is 0 Å². The van der Waals surface area contributed by atoms with Crippen LogP contribution in [0.25, 0.3) is 11.7 Å². The second-order valence-corrected chi connectivity index (χ2v) is 10.7. The summed E-state index contributed by atoms with van der Waals surface area (Å²) in [4.78, 5) is 16.4. The van der Waals surface area contributed by atoms with Gasteiger partial charge in [-0.25, -0.2) is 12.8 Å². The van der Waals surface area contributed by atoms with Gasteiger partial charge in [0.15, 0.2) is 5.76 Å². The van der Waals surface area contributed by atoms with Crippen LogP contribution in [0.4, 0.5) is 10.1 Å². The maximum Gasteiger partial charge on any atom is 0.394 e. The minimum Gasteiger partial charge on any atom is -0.495 e. The summed E-state index contributed by atoms with van der Waals surface area (Å²) in [5, 5.41) is 2.22. The predicted octanol–water partition coefficient (Wildman–Crippen LogP) is 3.99. The van der Waals surface area contributed by atoms with Crippen LogP contribution in [0.3, 0.4) is 0 Å². The summed E-state index contributed by atoms with van der Waals surface area (Å²) < 4.78 is 87.3. The Labute approximate surface area is 220 Å². The van der Waals surface area contributed by atoms with Crippen molar-refractivity contribution in [3.63, 3.8) is 0 Å². The molecule has 4 rings (SSSR count). The largest absolute Gasteiger partial charge is 0.495 e. The number of sulfone groups is 1. The summed E-state index contributed by atoms with van der Waals surface area (Å²) in [6, 6.07) is 14.4. The van der Waals surface area contributed by atoms with Crippen molar-refractivity contribution in [2.45, 2.75) is 15.0 Å². The summed E-state index contributed by atoms with van der Waals surface area (Å²) in [7, 11) is -7.34. The molecule has 0 aliphatic carbocycles. The molecule has 0 atom stereocenters. The Morgan fingerprint density at radius 1 is 1.05 bits per heavy atom. The molecular weight excluding hydrogens is 567 g/mol. The SMILES string of the molecule is COc1ccccc1NC(=O)CSc1oc(-c2ccco2)nc1S(=O)(=O)c1ccc(F)cc1.O=S(=O)(O)O. The molecule has 2 aromatic heterocycles. The fourth-order valence-electron chi connectivity index (χ4n) is 2.85. The number of nitrogens with zero attached hydrogens (tertiary/aromatic N) is 1. The molecule has 16 heteroatoms. The van der Waals surface area contributed by atoms with E-state index in [4.69, 9.17) is 31.1 Å². The third-order valence-corrected chi connectivity index (χ3v) is 7.15. The van der Waals surface area contributed by atoms with Crippen molar-refractivity contribution in [1.82, 2.24) is 4.98 Å². The molecule has 0 saturated carbocycles. The number of carbonyl (C=O) groups excluding carboxylic acids is 1. The van der Waals surface area contributed by atoms with E-state index in [1.165, 1.54) is 13.4 Å². The van der Waals surface area contributed by atoms with E-state index in [0.29, 0.717) is 11.4 Å². The van der Waals surface area contributed by atoms with Gasteiger partial charge in [-0.1, -0.05) is 23.9 Å². The first-order valence-corrected chi connectivity index (χ1v) is 14.1. The first-order chi connectivity index (χ1) is 17.9. The zero-order valence-electron chi connectivity index (χ0n) is 19.3. The Morgan fingerprint density at radius 3 is 2.32 bits per heavy atom. The number of nitrogens with one attached hydrogen (secondary N) is 1. The van der Waals surface area contributed by atoms with E-state index in [9.17, 15) is 17.6 Å². The number of rotatable bonds is 8. The van der Waals surface area contributed by atoms with Crippen molar-refractivity contribution in [2.24, 2.45) is 0 Å². The van der Waals surface area contributed by atoms with E-state index in [1.807, 2.05) is 0 Å². The van der Waals surface area contributed by atoms with Crippen molar-refractivity contribution >= 4 is 43.6 Å². The molecule has 4 aromatic rings. The number of ether oxygens (including phenoxy) is 1. The highest BCUT2D eigenvalue weighted by Gasteiger charge is 2.30. The number of benzene rings is 2. The zero-order chi connectivity index (χ0) is 27.9. The molecule has 0 spiro atoms. The molecule has 202 valence electrons. The number of halogens is 1. The quantitative estimate of drug-likeness (QED) is 0.153. The van der Waals surface area contributed by atoms with Gasteiger partial charge < -0.3 is 18.9 Å². The second kappa shape index (κ2) is 12.2. The van der Waals surface area contributed by atoms with Crippen molar-refractivity contribution in [2.75, 3.05) is 18.2 Å². The van der Waals surface area contributed by atoms with Crippen molar-refractivity contribution in [3.8, 4) is 17.4 Å². The average molecular weight is 587 g/mol. The summed E-state index contributed by atoms with van der Waals surface area (Å²) in [5.74, 6) is -0.519. The van der Waals surface area contributed by atoms with Gasteiger partial charge in [0.25, 0.3) is 5.89 Å². The van der Waals surface area contributed by atoms with Gasteiger partial charge in [-0.3, -0.25) is 13.9 Å². The maximum atomic E-state index is 13.3. The molecule has 0 aliphatic heterocycles. The number of hydrogen-bond donors (Lipinski definition) is 3. The number of carbonyl (C=O) groups is 1. The van der Waals surface area contributed by atoms with Gasteiger partial charge in [0.1, 0.15) is 11.6 Å². The van der Waals surface area contributed by atoms with Gasteiger partial charge in [-0.2, -0.15) is 13.4 Å².